The standard InChI is InChI=1S/C12H16ClFN2O4S/c1-3-20-7(2)6-16-12(17)8-4-11(21(15,18)19)10(14)5-9(8)13/h4-5,7H,3,6H2,1-2H3,(H,16,17)(H2,15,18,19). The minimum absolute atomic E-state index is 0.175. The van der Waals surface area contributed by atoms with E-state index in [1.807, 2.05) is 6.92 Å². The Bertz CT molecular complexity index is 636. The van der Waals surface area contributed by atoms with Crippen molar-refractivity contribution in [2.24, 2.45) is 5.14 Å². The molecule has 0 aliphatic carbocycles. The van der Waals surface area contributed by atoms with Crippen LogP contribution in [0, 0.1) is 5.82 Å². The normalized spacial score (nSPS) is 13.0. The third kappa shape index (κ3) is 4.92. The molecule has 0 aromatic heterocycles. The monoisotopic (exact) mass is 338 g/mol. The Morgan fingerprint density at radius 1 is 1.52 bits per heavy atom. The average molecular weight is 339 g/mol. The molecule has 1 rings (SSSR count). The fourth-order valence-electron chi connectivity index (χ4n) is 1.60. The van der Waals surface area contributed by atoms with Crippen molar-refractivity contribution >= 4 is 27.5 Å². The highest BCUT2D eigenvalue weighted by atomic mass is 35.5. The summed E-state index contributed by atoms with van der Waals surface area (Å²) < 4.78 is 41.2. The van der Waals surface area contributed by atoms with Gasteiger partial charge in [-0.3, -0.25) is 4.79 Å². The first kappa shape index (κ1) is 17.8. The summed E-state index contributed by atoms with van der Waals surface area (Å²) in [5.41, 5.74) is -0.175. The van der Waals surface area contributed by atoms with Gasteiger partial charge in [-0.25, -0.2) is 17.9 Å². The van der Waals surface area contributed by atoms with Crippen LogP contribution in [0.4, 0.5) is 4.39 Å². The molecule has 1 aromatic rings. The maximum atomic E-state index is 13.5. The Balaban J connectivity index is 3.00. The average Bonchev–Trinajstić information content (AvgIpc) is 2.34. The van der Waals surface area contributed by atoms with E-state index < -0.39 is 26.6 Å². The van der Waals surface area contributed by atoms with Crippen molar-refractivity contribution in [3.8, 4) is 0 Å². The molecule has 0 spiro atoms. The Kier molecular flexibility index (Phi) is 6.09. The van der Waals surface area contributed by atoms with Gasteiger partial charge in [0, 0.05) is 13.2 Å². The zero-order valence-corrected chi connectivity index (χ0v) is 13.1. The molecule has 0 radical (unpaired) electrons. The fourth-order valence-corrected chi connectivity index (χ4v) is 2.45. The van der Waals surface area contributed by atoms with Gasteiger partial charge in [0.2, 0.25) is 10.0 Å². The van der Waals surface area contributed by atoms with Crippen LogP contribution in [0.2, 0.25) is 5.02 Å². The lowest BCUT2D eigenvalue weighted by molar-refractivity contribution is 0.0695. The Labute approximate surface area is 127 Å². The Morgan fingerprint density at radius 2 is 2.14 bits per heavy atom. The lowest BCUT2D eigenvalue weighted by Crippen LogP contribution is -2.32. The summed E-state index contributed by atoms with van der Waals surface area (Å²) in [7, 11) is -4.28. The maximum absolute atomic E-state index is 13.5. The summed E-state index contributed by atoms with van der Waals surface area (Å²) in [6, 6.07) is 1.55. The van der Waals surface area contributed by atoms with Crippen LogP contribution in [0.5, 0.6) is 0 Å². The van der Waals surface area contributed by atoms with Crippen molar-refractivity contribution in [2.75, 3.05) is 13.2 Å². The third-order valence-corrected chi connectivity index (χ3v) is 3.81. The summed E-state index contributed by atoms with van der Waals surface area (Å²) in [4.78, 5) is 11.2. The molecule has 0 bridgehead atoms. The number of benzene rings is 1. The molecule has 21 heavy (non-hydrogen) atoms. The van der Waals surface area contributed by atoms with Crippen molar-refractivity contribution in [2.45, 2.75) is 24.8 Å². The van der Waals surface area contributed by atoms with Crippen LogP contribution >= 0.6 is 11.6 Å². The van der Waals surface area contributed by atoms with E-state index in [9.17, 15) is 17.6 Å². The van der Waals surface area contributed by atoms with Crippen LogP contribution in [0.3, 0.4) is 0 Å². The van der Waals surface area contributed by atoms with Gasteiger partial charge in [-0.15, -0.1) is 0 Å². The second-order valence-electron chi connectivity index (χ2n) is 4.28. The smallest absolute Gasteiger partial charge is 0.252 e. The van der Waals surface area contributed by atoms with E-state index >= 15 is 0 Å². The van der Waals surface area contributed by atoms with Gasteiger partial charge in [0.1, 0.15) is 10.7 Å². The highest BCUT2D eigenvalue weighted by molar-refractivity contribution is 7.89. The van der Waals surface area contributed by atoms with Crippen LogP contribution in [0.1, 0.15) is 24.2 Å². The first-order valence-corrected chi connectivity index (χ1v) is 8.00. The number of amides is 1. The molecule has 3 N–H and O–H groups in total. The van der Waals surface area contributed by atoms with E-state index in [1.54, 1.807) is 6.92 Å². The first-order chi connectivity index (χ1) is 9.66. The number of carbonyl (C=O) groups is 1. The molecule has 6 nitrogen and oxygen atoms in total. The predicted molar refractivity (Wildman–Crippen MR) is 76.2 cm³/mol. The number of nitrogens with one attached hydrogen (secondary N) is 1. The molecule has 1 atom stereocenters. The predicted octanol–water partition coefficient (Wildman–Crippen LogP) is 1.28. The molecule has 1 amide bonds. The molecular weight excluding hydrogens is 323 g/mol. The van der Waals surface area contributed by atoms with Gasteiger partial charge in [0.05, 0.1) is 16.7 Å². The number of halogens is 2. The molecule has 1 aromatic carbocycles. The molecule has 118 valence electrons. The van der Waals surface area contributed by atoms with E-state index in [1.165, 1.54) is 0 Å². The Morgan fingerprint density at radius 3 is 2.67 bits per heavy atom. The van der Waals surface area contributed by atoms with Gasteiger partial charge in [-0.05, 0) is 26.0 Å². The number of sulfonamides is 1. The minimum Gasteiger partial charge on any atom is -0.377 e. The zero-order valence-electron chi connectivity index (χ0n) is 11.5. The van der Waals surface area contributed by atoms with E-state index in [4.69, 9.17) is 21.5 Å². The van der Waals surface area contributed by atoms with Gasteiger partial charge >= 0.3 is 0 Å². The third-order valence-electron chi connectivity index (χ3n) is 2.57. The summed E-state index contributed by atoms with van der Waals surface area (Å²) >= 11 is 5.76. The number of hydrogen-bond acceptors (Lipinski definition) is 4. The van der Waals surface area contributed by atoms with Crippen LogP contribution in [-0.2, 0) is 14.8 Å². The van der Waals surface area contributed by atoms with Crippen LogP contribution in [0.15, 0.2) is 17.0 Å². The number of hydrogen-bond donors (Lipinski definition) is 2. The molecule has 1 unspecified atom stereocenters. The van der Waals surface area contributed by atoms with Gasteiger partial charge < -0.3 is 10.1 Å². The van der Waals surface area contributed by atoms with Gasteiger partial charge in [0.15, 0.2) is 0 Å². The van der Waals surface area contributed by atoms with Crippen molar-refractivity contribution in [1.29, 1.82) is 0 Å². The van der Waals surface area contributed by atoms with E-state index in [0.29, 0.717) is 6.61 Å². The Hall–Kier alpha value is -1.22. The minimum atomic E-state index is -4.28. The molecule has 0 heterocycles. The lowest BCUT2D eigenvalue weighted by Gasteiger charge is -2.13. The number of ether oxygens (including phenoxy) is 1. The number of rotatable bonds is 6. The zero-order chi connectivity index (χ0) is 16.2. The molecular formula is C12H16ClFN2O4S. The topological polar surface area (TPSA) is 98.5 Å². The van der Waals surface area contributed by atoms with Crippen LogP contribution in [0.25, 0.3) is 0 Å². The number of nitrogens with two attached hydrogens (primary N) is 1. The fraction of sp³-hybridized carbons (Fsp3) is 0.417. The molecule has 0 saturated carbocycles. The van der Waals surface area contributed by atoms with Gasteiger partial charge in [-0.1, -0.05) is 11.6 Å². The molecule has 0 saturated heterocycles. The highest BCUT2D eigenvalue weighted by Crippen LogP contribution is 2.23. The molecule has 9 heteroatoms. The second kappa shape index (κ2) is 7.17. The van der Waals surface area contributed by atoms with Gasteiger partial charge in [-0.2, -0.15) is 0 Å². The number of primary sulfonamides is 1. The van der Waals surface area contributed by atoms with Crippen molar-refractivity contribution in [1.82, 2.24) is 5.32 Å². The van der Waals surface area contributed by atoms with Crippen LogP contribution < -0.4 is 10.5 Å². The van der Waals surface area contributed by atoms with Crippen molar-refractivity contribution in [3.63, 3.8) is 0 Å². The lowest BCUT2D eigenvalue weighted by atomic mass is 10.2. The molecule has 0 aliphatic heterocycles. The largest absolute Gasteiger partial charge is 0.377 e. The molecule has 0 aliphatic rings. The van der Waals surface area contributed by atoms with E-state index in [0.717, 1.165) is 12.1 Å². The van der Waals surface area contributed by atoms with Gasteiger partial charge in [0.25, 0.3) is 5.91 Å². The summed E-state index contributed by atoms with van der Waals surface area (Å²) in [5.74, 6) is -1.75. The second-order valence-corrected chi connectivity index (χ2v) is 6.22. The van der Waals surface area contributed by atoms with Crippen LogP contribution in [-0.4, -0.2) is 33.6 Å². The SMILES string of the molecule is CCOC(C)CNC(=O)c1cc(S(N)(=O)=O)c(F)cc1Cl. The van der Waals surface area contributed by atoms with E-state index in [-0.39, 0.29) is 23.2 Å². The summed E-state index contributed by atoms with van der Waals surface area (Å²) in [5, 5.41) is 7.18. The summed E-state index contributed by atoms with van der Waals surface area (Å²) in [6.45, 7) is 4.26. The number of carbonyl (C=O) groups excluding carboxylic acids is 1. The van der Waals surface area contributed by atoms with E-state index in [2.05, 4.69) is 5.32 Å². The quantitative estimate of drug-likeness (QED) is 0.816. The maximum Gasteiger partial charge on any atom is 0.252 e. The highest BCUT2D eigenvalue weighted by Gasteiger charge is 2.21. The van der Waals surface area contributed by atoms with Crippen molar-refractivity contribution in [3.05, 3.63) is 28.5 Å². The summed E-state index contributed by atoms with van der Waals surface area (Å²) in [6.07, 6.45) is -0.226. The first-order valence-electron chi connectivity index (χ1n) is 6.08. The molecule has 0 fully saturated rings. The van der Waals surface area contributed by atoms with Crippen molar-refractivity contribution < 1.29 is 22.3 Å².